The van der Waals surface area contributed by atoms with E-state index in [-0.39, 0.29) is 0 Å². The van der Waals surface area contributed by atoms with Crippen molar-refractivity contribution in [3.05, 3.63) is 11.1 Å². The van der Waals surface area contributed by atoms with Crippen molar-refractivity contribution in [3.63, 3.8) is 0 Å². The fraction of sp³-hybridized carbons (Fsp3) is 0.875. The van der Waals surface area contributed by atoms with Crippen LogP contribution in [0.5, 0.6) is 0 Å². The number of hydrogen-bond acceptors (Lipinski definition) is 0. The molecule has 0 nitrogen and oxygen atoms in total. The van der Waals surface area contributed by atoms with Gasteiger partial charge in [-0.25, -0.2) is 0 Å². The van der Waals surface area contributed by atoms with Crippen molar-refractivity contribution in [1.82, 2.24) is 0 Å². The molecule has 2 rings (SSSR count). The largest absolute Gasteiger partial charge is 0.126 e. The topological polar surface area (TPSA) is 0 Å². The Hall–Kier alpha value is 0.0300. The van der Waals surface area contributed by atoms with E-state index in [9.17, 15) is 0 Å². The molecule has 0 aromatic heterocycles. The van der Waals surface area contributed by atoms with Crippen LogP contribution < -0.4 is 0 Å². The van der Waals surface area contributed by atoms with Crippen molar-refractivity contribution in [2.24, 2.45) is 29.1 Å². The second kappa shape index (κ2) is 4.61. The lowest BCUT2D eigenvalue weighted by Crippen LogP contribution is -2.29. The molecule has 0 radical (unpaired) electrons. The van der Waals surface area contributed by atoms with Crippen LogP contribution in [0.15, 0.2) is 11.1 Å². The van der Waals surface area contributed by atoms with Gasteiger partial charge in [0.1, 0.15) is 0 Å². The Morgan fingerprint density at radius 1 is 1.41 bits per heavy atom. The molecule has 98 valence electrons. The number of rotatable bonds is 5. The standard InChI is InChI=1S/C16H27Cl/c1-6-7-13(10(2)3)16(5)14-8-12(9-17)11(4)15(14)16/h10-13H,6-9H2,1-5H3. The molecular weight excluding hydrogens is 228 g/mol. The SMILES string of the molecule is CCCC(C(C)C)C1(C)C2=C1C(C)C(CCl)C2. The number of hydrogen-bond donors (Lipinski definition) is 0. The third kappa shape index (κ3) is 1.87. The van der Waals surface area contributed by atoms with Crippen LogP contribution in [0.25, 0.3) is 0 Å². The molecule has 0 amide bonds. The second-order valence-corrected chi connectivity index (χ2v) is 6.95. The van der Waals surface area contributed by atoms with Crippen LogP contribution in [0.4, 0.5) is 0 Å². The molecule has 0 saturated carbocycles. The maximum atomic E-state index is 6.06. The minimum Gasteiger partial charge on any atom is -0.126 e. The molecule has 4 unspecified atom stereocenters. The fourth-order valence-corrected chi connectivity index (χ4v) is 4.82. The number of allylic oxidation sites excluding steroid dienone is 2. The van der Waals surface area contributed by atoms with Crippen LogP contribution in [-0.4, -0.2) is 5.88 Å². The van der Waals surface area contributed by atoms with E-state index in [4.69, 9.17) is 11.6 Å². The third-order valence-corrected chi connectivity index (χ3v) is 5.82. The van der Waals surface area contributed by atoms with Gasteiger partial charge in [0.05, 0.1) is 0 Å². The van der Waals surface area contributed by atoms with Crippen molar-refractivity contribution in [2.45, 2.75) is 53.9 Å². The molecule has 0 bridgehead atoms. The third-order valence-electron chi connectivity index (χ3n) is 5.42. The van der Waals surface area contributed by atoms with E-state index in [1.807, 2.05) is 0 Å². The van der Waals surface area contributed by atoms with Crippen molar-refractivity contribution in [3.8, 4) is 0 Å². The molecule has 0 spiro atoms. The average Bonchev–Trinajstić information content (AvgIpc) is 2.68. The van der Waals surface area contributed by atoms with Gasteiger partial charge in [-0.2, -0.15) is 0 Å². The summed E-state index contributed by atoms with van der Waals surface area (Å²) in [5.74, 6) is 3.96. The molecule has 0 saturated heterocycles. The Bertz CT molecular complexity index is 328. The summed E-state index contributed by atoms with van der Waals surface area (Å²) in [6, 6.07) is 0. The van der Waals surface area contributed by atoms with Gasteiger partial charge < -0.3 is 0 Å². The van der Waals surface area contributed by atoms with E-state index in [1.54, 1.807) is 11.1 Å². The summed E-state index contributed by atoms with van der Waals surface area (Å²) < 4.78 is 0. The summed E-state index contributed by atoms with van der Waals surface area (Å²) in [5, 5.41) is 0. The van der Waals surface area contributed by atoms with Gasteiger partial charge in [-0.3, -0.25) is 0 Å². The first-order valence-corrected chi connectivity index (χ1v) is 7.81. The van der Waals surface area contributed by atoms with Crippen molar-refractivity contribution < 1.29 is 0 Å². The molecular formula is C16H27Cl. The number of alkyl halides is 1. The van der Waals surface area contributed by atoms with Gasteiger partial charge in [0, 0.05) is 11.3 Å². The molecule has 4 atom stereocenters. The zero-order chi connectivity index (χ0) is 12.8. The lowest BCUT2D eigenvalue weighted by molar-refractivity contribution is 0.211. The molecule has 0 heterocycles. The van der Waals surface area contributed by atoms with Gasteiger partial charge in [0.2, 0.25) is 0 Å². The molecule has 2 aliphatic carbocycles. The molecule has 0 aromatic rings. The van der Waals surface area contributed by atoms with Gasteiger partial charge in [-0.15, -0.1) is 11.6 Å². The first-order valence-electron chi connectivity index (χ1n) is 7.28. The van der Waals surface area contributed by atoms with Gasteiger partial charge >= 0.3 is 0 Å². The zero-order valence-electron chi connectivity index (χ0n) is 12.0. The first-order chi connectivity index (χ1) is 7.98. The van der Waals surface area contributed by atoms with Gasteiger partial charge in [-0.05, 0) is 36.5 Å². The van der Waals surface area contributed by atoms with Crippen LogP contribution in [0.3, 0.4) is 0 Å². The van der Waals surface area contributed by atoms with Gasteiger partial charge in [0.15, 0.2) is 0 Å². The minimum absolute atomic E-state index is 0.478. The molecule has 17 heavy (non-hydrogen) atoms. The van der Waals surface area contributed by atoms with Crippen molar-refractivity contribution in [1.29, 1.82) is 0 Å². The quantitative estimate of drug-likeness (QED) is 0.463. The van der Waals surface area contributed by atoms with E-state index in [1.165, 1.54) is 19.3 Å². The van der Waals surface area contributed by atoms with Crippen LogP contribution in [0.2, 0.25) is 0 Å². The van der Waals surface area contributed by atoms with Crippen LogP contribution >= 0.6 is 11.6 Å². The predicted molar refractivity (Wildman–Crippen MR) is 76.4 cm³/mol. The summed E-state index contributed by atoms with van der Waals surface area (Å²) in [6.07, 6.45) is 3.97. The summed E-state index contributed by atoms with van der Waals surface area (Å²) in [7, 11) is 0. The Balaban J connectivity index is 2.10. The summed E-state index contributed by atoms with van der Waals surface area (Å²) in [4.78, 5) is 0. The van der Waals surface area contributed by atoms with Crippen LogP contribution in [0, 0.1) is 29.1 Å². The highest BCUT2D eigenvalue weighted by Gasteiger charge is 2.60. The molecule has 0 N–H and O–H groups in total. The van der Waals surface area contributed by atoms with E-state index >= 15 is 0 Å². The molecule has 1 heteroatoms. The van der Waals surface area contributed by atoms with Crippen LogP contribution in [-0.2, 0) is 0 Å². The van der Waals surface area contributed by atoms with Gasteiger partial charge in [-0.1, -0.05) is 52.2 Å². The summed E-state index contributed by atoms with van der Waals surface area (Å²) in [5.41, 5.74) is 4.05. The molecule has 2 aliphatic rings. The average molecular weight is 255 g/mol. The van der Waals surface area contributed by atoms with E-state index in [0.29, 0.717) is 5.41 Å². The fourth-order valence-electron chi connectivity index (χ4n) is 4.44. The normalized spacial score (nSPS) is 37.6. The van der Waals surface area contributed by atoms with Crippen LogP contribution in [0.1, 0.15) is 53.9 Å². The predicted octanol–water partition coefficient (Wildman–Crippen LogP) is 5.27. The first kappa shape index (κ1) is 13.5. The number of halogens is 1. The summed E-state index contributed by atoms with van der Waals surface area (Å²) >= 11 is 6.06. The van der Waals surface area contributed by atoms with Crippen molar-refractivity contribution in [2.75, 3.05) is 5.88 Å². The van der Waals surface area contributed by atoms with Crippen molar-refractivity contribution >= 4 is 11.6 Å². The lowest BCUT2D eigenvalue weighted by Gasteiger charge is -2.36. The highest BCUT2D eigenvalue weighted by Crippen LogP contribution is 2.70. The highest BCUT2D eigenvalue weighted by molar-refractivity contribution is 6.18. The monoisotopic (exact) mass is 254 g/mol. The maximum absolute atomic E-state index is 6.06. The minimum atomic E-state index is 0.478. The Morgan fingerprint density at radius 2 is 2.06 bits per heavy atom. The molecule has 0 aromatic carbocycles. The van der Waals surface area contributed by atoms with E-state index < -0.39 is 0 Å². The lowest BCUT2D eigenvalue weighted by atomic mass is 9.69. The Labute approximate surface area is 112 Å². The Kier molecular flexibility index (Phi) is 3.65. The maximum Gasteiger partial charge on any atom is 0.0260 e. The second-order valence-electron chi connectivity index (χ2n) is 6.64. The zero-order valence-corrected chi connectivity index (χ0v) is 12.8. The molecule has 0 aliphatic heterocycles. The highest BCUT2D eigenvalue weighted by atomic mass is 35.5. The van der Waals surface area contributed by atoms with E-state index in [0.717, 1.165) is 29.6 Å². The summed E-state index contributed by atoms with van der Waals surface area (Å²) in [6.45, 7) is 12.0. The van der Waals surface area contributed by atoms with E-state index in [2.05, 4.69) is 34.6 Å². The smallest absolute Gasteiger partial charge is 0.0260 e. The molecule has 0 fully saturated rings. The van der Waals surface area contributed by atoms with Gasteiger partial charge in [0.25, 0.3) is 0 Å². The Morgan fingerprint density at radius 3 is 2.41 bits per heavy atom.